The molecule has 10 heteroatoms. The van der Waals surface area contributed by atoms with Crippen LogP contribution in [0.3, 0.4) is 0 Å². The van der Waals surface area contributed by atoms with E-state index in [0.717, 1.165) is 47.4 Å². The molecule has 35 heavy (non-hydrogen) atoms. The Morgan fingerprint density at radius 2 is 1.71 bits per heavy atom. The SMILES string of the molecule is Cc1ccc(N(CC(=O)N(Cc2ccc(Cl)cc2)C(C)C(=O)NC2CCCC2)S(C)(=O)=O)cc1Cl. The molecule has 1 atom stereocenters. The maximum absolute atomic E-state index is 13.6. The predicted octanol–water partition coefficient (Wildman–Crippen LogP) is 4.54. The summed E-state index contributed by atoms with van der Waals surface area (Å²) in [5.41, 5.74) is 1.84. The van der Waals surface area contributed by atoms with Crippen LogP contribution in [0.2, 0.25) is 10.0 Å². The highest BCUT2D eigenvalue weighted by Gasteiger charge is 2.31. The molecule has 0 saturated heterocycles. The lowest BCUT2D eigenvalue weighted by atomic mass is 10.1. The maximum atomic E-state index is 13.6. The van der Waals surface area contributed by atoms with Crippen LogP contribution in [0.25, 0.3) is 0 Å². The van der Waals surface area contributed by atoms with Crippen molar-refractivity contribution in [2.75, 3.05) is 17.1 Å². The first-order chi connectivity index (χ1) is 16.5. The maximum Gasteiger partial charge on any atom is 0.244 e. The summed E-state index contributed by atoms with van der Waals surface area (Å²) in [6.45, 7) is 3.13. The highest BCUT2D eigenvalue weighted by Crippen LogP contribution is 2.25. The number of nitrogens with zero attached hydrogens (tertiary/aromatic N) is 2. The molecular formula is C25H31Cl2N3O4S. The summed E-state index contributed by atoms with van der Waals surface area (Å²) in [4.78, 5) is 28.0. The molecule has 0 spiro atoms. The lowest BCUT2D eigenvalue weighted by Gasteiger charge is -2.32. The number of sulfonamides is 1. The van der Waals surface area contributed by atoms with Crippen LogP contribution in [0.5, 0.6) is 0 Å². The molecule has 1 N–H and O–H groups in total. The number of amides is 2. The van der Waals surface area contributed by atoms with Crippen LogP contribution >= 0.6 is 23.2 Å². The van der Waals surface area contributed by atoms with Gasteiger partial charge >= 0.3 is 0 Å². The Morgan fingerprint density at radius 1 is 1.09 bits per heavy atom. The summed E-state index contributed by atoms with van der Waals surface area (Å²) in [6.07, 6.45) is 5.00. The average molecular weight is 541 g/mol. The Hall–Kier alpha value is -2.29. The fourth-order valence-electron chi connectivity index (χ4n) is 4.11. The summed E-state index contributed by atoms with van der Waals surface area (Å²) in [6, 6.07) is 11.1. The van der Waals surface area contributed by atoms with Crippen LogP contribution in [0.15, 0.2) is 42.5 Å². The number of carbonyl (C=O) groups excluding carboxylic acids is 2. The van der Waals surface area contributed by atoms with Gasteiger partial charge in [-0.05, 0) is 62.1 Å². The third-order valence-electron chi connectivity index (χ3n) is 6.26. The zero-order valence-electron chi connectivity index (χ0n) is 20.1. The van der Waals surface area contributed by atoms with Crippen LogP contribution in [0, 0.1) is 6.92 Å². The van der Waals surface area contributed by atoms with Crippen molar-refractivity contribution in [3.8, 4) is 0 Å². The van der Waals surface area contributed by atoms with Gasteiger partial charge in [-0.2, -0.15) is 0 Å². The molecule has 7 nitrogen and oxygen atoms in total. The van der Waals surface area contributed by atoms with Gasteiger partial charge in [0.1, 0.15) is 12.6 Å². The Balaban J connectivity index is 1.88. The molecule has 2 aromatic rings. The number of aryl methyl sites for hydroxylation is 1. The zero-order chi connectivity index (χ0) is 25.8. The Labute approximate surface area is 217 Å². The second-order valence-electron chi connectivity index (χ2n) is 9.02. The van der Waals surface area contributed by atoms with Gasteiger partial charge in [-0.15, -0.1) is 0 Å². The van der Waals surface area contributed by atoms with Crippen LogP contribution in [0.1, 0.15) is 43.7 Å². The van der Waals surface area contributed by atoms with E-state index < -0.39 is 28.5 Å². The van der Waals surface area contributed by atoms with Crippen LogP contribution < -0.4 is 9.62 Å². The van der Waals surface area contributed by atoms with Gasteiger partial charge in [-0.3, -0.25) is 13.9 Å². The molecular weight excluding hydrogens is 509 g/mol. The third kappa shape index (κ3) is 7.35. The van der Waals surface area contributed by atoms with E-state index >= 15 is 0 Å². The van der Waals surface area contributed by atoms with Crippen LogP contribution in [-0.4, -0.2) is 50.0 Å². The van der Waals surface area contributed by atoms with Crippen molar-refractivity contribution in [1.29, 1.82) is 0 Å². The fourth-order valence-corrected chi connectivity index (χ4v) is 5.25. The van der Waals surface area contributed by atoms with E-state index in [1.165, 1.54) is 11.0 Å². The molecule has 2 aromatic carbocycles. The molecule has 1 unspecified atom stereocenters. The van der Waals surface area contributed by atoms with Gasteiger partial charge in [0.05, 0.1) is 11.9 Å². The fraction of sp³-hybridized carbons (Fsp3) is 0.440. The molecule has 0 heterocycles. The summed E-state index contributed by atoms with van der Waals surface area (Å²) in [5.74, 6) is -0.764. The number of benzene rings is 2. The van der Waals surface area contributed by atoms with Gasteiger partial charge in [0.2, 0.25) is 21.8 Å². The minimum absolute atomic E-state index is 0.0969. The Bertz CT molecular complexity index is 1170. The van der Waals surface area contributed by atoms with Gasteiger partial charge < -0.3 is 10.2 Å². The van der Waals surface area contributed by atoms with Crippen molar-refractivity contribution < 1.29 is 18.0 Å². The monoisotopic (exact) mass is 539 g/mol. The number of hydrogen-bond donors (Lipinski definition) is 1. The van der Waals surface area contributed by atoms with Crippen molar-refractivity contribution in [2.24, 2.45) is 0 Å². The standard InChI is InChI=1S/C25H31Cl2N3O4S/c1-17-8-13-22(14-23(17)27)30(35(3,33)34)16-24(31)29(15-19-9-11-20(26)12-10-19)18(2)25(32)28-21-6-4-5-7-21/h8-14,18,21H,4-7,15-16H2,1-3H3,(H,28,32). The normalized spacial score (nSPS) is 15.0. The first-order valence-electron chi connectivity index (χ1n) is 11.5. The number of rotatable bonds is 9. The molecule has 0 aliphatic heterocycles. The van der Waals surface area contributed by atoms with Gasteiger partial charge in [0, 0.05) is 22.6 Å². The van der Waals surface area contributed by atoms with E-state index in [1.807, 2.05) is 0 Å². The van der Waals surface area contributed by atoms with Crippen LogP contribution in [0.4, 0.5) is 5.69 Å². The zero-order valence-corrected chi connectivity index (χ0v) is 22.5. The Morgan fingerprint density at radius 3 is 2.29 bits per heavy atom. The lowest BCUT2D eigenvalue weighted by Crippen LogP contribution is -2.52. The van der Waals surface area contributed by atoms with Gasteiger partial charge in [-0.1, -0.05) is 54.2 Å². The number of halogens is 2. The second kappa shape index (κ2) is 11.6. The molecule has 2 amide bonds. The topological polar surface area (TPSA) is 86.8 Å². The predicted molar refractivity (Wildman–Crippen MR) is 140 cm³/mol. The summed E-state index contributed by atoms with van der Waals surface area (Å²) in [7, 11) is -3.81. The first-order valence-corrected chi connectivity index (χ1v) is 14.1. The molecule has 1 aliphatic carbocycles. The molecule has 1 aliphatic rings. The molecule has 0 radical (unpaired) electrons. The minimum Gasteiger partial charge on any atom is -0.352 e. The number of anilines is 1. The summed E-state index contributed by atoms with van der Waals surface area (Å²) < 4.78 is 26.3. The molecule has 0 bridgehead atoms. The Kier molecular flexibility index (Phi) is 9.07. The number of carbonyl (C=O) groups is 2. The number of nitrogens with one attached hydrogen (secondary N) is 1. The third-order valence-corrected chi connectivity index (χ3v) is 8.06. The average Bonchev–Trinajstić information content (AvgIpc) is 3.30. The largest absolute Gasteiger partial charge is 0.352 e. The van der Waals surface area contributed by atoms with E-state index in [4.69, 9.17) is 23.2 Å². The minimum atomic E-state index is -3.81. The van der Waals surface area contributed by atoms with Crippen molar-refractivity contribution >= 4 is 50.7 Å². The lowest BCUT2D eigenvalue weighted by molar-refractivity contribution is -0.139. The smallest absolute Gasteiger partial charge is 0.244 e. The molecule has 1 fully saturated rings. The first kappa shape index (κ1) is 27.3. The molecule has 0 aromatic heterocycles. The van der Waals surface area contributed by atoms with Gasteiger partial charge in [-0.25, -0.2) is 8.42 Å². The van der Waals surface area contributed by atoms with E-state index in [9.17, 15) is 18.0 Å². The van der Waals surface area contributed by atoms with Gasteiger partial charge in [0.15, 0.2) is 0 Å². The second-order valence-corrected chi connectivity index (χ2v) is 11.8. The molecule has 3 rings (SSSR count). The van der Waals surface area contributed by atoms with E-state index in [0.29, 0.717) is 10.0 Å². The highest BCUT2D eigenvalue weighted by atomic mass is 35.5. The van der Waals surface area contributed by atoms with Crippen molar-refractivity contribution in [3.63, 3.8) is 0 Å². The van der Waals surface area contributed by atoms with E-state index in [1.54, 1.807) is 50.2 Å². The highest BCUT2D eigenvalue weighted by molar-refractivity contribution is 7.92. The van der Waals surface area contributed by atoms with Crippen molar-refractivity contribution in [1.82, 2.24) is 10.2 Å². The quantitative estimate of drug-likeness (QED) is 0.506. The summed E-state index contributed by atoms with van der Waals surface area (Å²) in [5, 5.41) is 3.98. The van der Waals surface area contributed by atoms with E-state index in [2.05, 4.69) is 5.32 Å². The molecule has 190 valence electrons. The van der Waals surface area contributed by atoms with E-state index in [-0.39, 0.29) is 24.2 Å². The van der Waals surface area contributed by atoms with Gasteiger partial charge in [0.25, 0.3) is 0 Å². The molecule has 1 saturated carbocycles. The van der Waals surface area contributed by atoms with Crippen molar-refractivity contribution in [3.05, 3.63) is 63.6 Å². The summed E-state index contributed by atoms with van der Waals surface area (Å²) >= 11 is 12.2. The van der Waals surface area contributed by atoms with Crippen molar-refractivity contribution in [2.45, 2.75) is 58.2 Å². The van der Waals surface area contributed by atoms with Crippen LogP contribution in [-0.2, 0) is 26.2 Å². The number of hydrogen-bond acceptors (Lipinski definition) is 4.